The van der Waals surface area contributed by atoms with Gasteiger partial charge in [0.05, 0.1) is 17.4 Å². The van der Waals surface area contributed by atoms with Crippen molar-refractivity contribution in [3.05, 3.63) is 54.1 Å². The van der Waals surface area contributed by atoms with Crippen molar-refractivity contribution in [1.82, 2.24) is 4.98 Å². The SMILES string of the molecule is O=C(Nc1cccnc1)c1cc(B(O)O)ccc1F. The molecule has 96 valence electrons. The monoisotopic (exact) mass is 260 g/mol. The summed E-state index contributed by atoms with van der Waals surface area (Å²) in [7, 11) is -1.76. The molecule has 0 atom stereocenters. The fraction of sp³-hybridized carbons (Fsp3) is 0. The number of benzene rings is 1. The average molecular weight is 260 g/mol. The average Bonchev–Trinajstić information content (AvgIpc) is 2.40. The van der Waals surface area contributed by atoms with E-state index in [9.17, 15) is 9.18 Å². The zero-order valence-electron chi connectivity index (χ0n) is 9.75. The molecule has 0 aliphatic carbocycles. The number of pyridine rings is 1. The second-order valence-electron chi connectivity index (χ2n) is 3.81. The molecule has 1 heterocycles. The van der Waals surface area contributed by atoms with Gasteiger partial charge in [-0.05, 0) is 29.7 Å². The van der Waals surface area contributed by atoms with Crippen molar-refractivity contribution in [2.24, 2.45) is 0 Å². The predicted molar refractivity (Wildman–Crippen MR) is 68.4 cm³/mol. The number of carbonyl (C=O) groups is 1. The molecule has 0 bridgehead atoms. The Morgan fingerprint density at radius 1 is 1.32 bits per heavy atom. The molecular weight excluding hydrogens is 250 g/mol. The fourth-order valence-corrected chi connectivity index (χ4v) is 1.51. The molecule has 0 saturated heterocycles. The maximum atomic E-state index is 13.5. The molecule has 3 N–H and O–H groups in total. The lowest BCUT2D eigenvalue weighted by Gasteiger charge is -2.07. The molecule has 2 rings (SSSR count). The van der Waals surface area contributed by atoms with Gasteiger partial charge in [0, 0.05) is 6.20 Å². The lowest BCUT2D eigenvalue weighted by Crippen LogP contribution is -2.31. The summed E-state index contributed by atoms with van der Waals surface area (Å²) in [4.78, 5) is 15.7. The summed E-state index contributed by atoms with van der Waals surface area (Å²) < 4.78 is 13.5. The molecule has 1 amide bonds. The lowest BCUT2D eigenvalue weighted by molar-refractivity contribution is 0.102. The quantitative estimate of drug-likeness (QED) is 0.686. The van der Waals surface area contributed by atoms with Gasteiger partial charge in [-0.25, -0.2) is 4.39 Å². The van der Waals surface area contributed by atoms with Crippen LogP contribution in [0.4, 0.5) is 10.1 Å². The van der Waals surface area contributed by atoms with Crippen LogP contribution in [0.15, 0.2) is 42.7 Å². The topological polar surface area (TPSA) is 82.5 Å². The Kier molecular flexibility index (Phi) is 3.89. The van der Waals surface area contributed by atoms with Gasteiger partial charge in [-0.15, -0.1) is 0 Å². The summed E-state index contributed by atoms with van der Waals surface area (Å²) in [5.41, 5.74) is 0.189. The largest absolute Gasteiger partial charge is 0.488 e. The van der Waals surface area contributed by atoms with Crippen molar-refractivity contribution in [3.63, 3.8) is 0 Å². The smallest absolute Gasteiger partial charge is 0.423 e. The summed E-state index contributed by atoms with van der Waals surface area (Å²) in [6.45, 7) is 0. The normalized spacial score (nSPS) is 10.1. The van der Waals surface area contributed by atoms with E-state index in [4.69, 9.17) is 10.0 Å². The minimum Gasteiger partial charge on any atom is -0.423 e. The van der Waals surface area contributed by atoms with Crippen LogP contribution in [0.2, 0.25) is 0 Å². The third-order valence-corrected chi connectivity index (χ3v) is 2.45. The molecular formula is C12H10BFN2O3. The first kappa shape index (κ1) is 13.2. The van der Waals surface area contributed by atoms with Crippen molar-refractivity contribution >= 4 is 24.2 Å². The van der Waals surface area contributed by atoms with Crippen LogP contribution in [0.25, 0.3) is 0 Å². The molecule has 0 aliphatic heterocycles. The van der Waals surface area contributed by atoms with Crippen LogP contribution in [0.5, 0.6) is 0 Å². The first-order valence-corrected chi connectivity index (χ1v) is 5.45. The van der Waals surface area contributed by atoms with Gasteiger partial charge in [0.25, 0.3) is 5.91 Å². The Hall–Kier alpha value is -2.25. The maximum Gasteiger partial charge on any atom is 0.488 e. The minimum atomic E-state index is -1.76. The van der Waals surface area contributed by atoms with Crippen molar-refractivity contribution < 1.29 is 19.2 Å². The number of hydrogen-bond donors (Lipinski definition) is 3. The Morgan fingerprint density at radius 2 is 2.11 bits per heavy atom. The minimum absolute atomic E-state index is 0.0396. The third kappa shape index (κ3) is 3.15. The standard InChI is InChI=1S/C12H10BFN2O3/c14-11-4-3-8(13(18)19)6-10(11)12(17)16-9-2-1-5-15-7-9/h1-7,18-19H,(H,16,17). The first-order chi connectivity index (χ1) is 9.08. The van der Waals surface area contributed by atoms with Crippen LogP contribution in [0, 0.1) is 5.82 Å². The van der Waals surface area contributed by atoms with E-state index in [1.807, 2.05) is 0 Å². The number of rotatable bonds is 3. The zero-order chi connectivity index (χ0) is 13.8. The molecule has 19 heavy (non-hydrogen) atoms. The van der Waals surface area contributed by atoms with Crippen molar-refractivity contribution in [2.75, 3.05) is 5.32 Å². The van der Waals surface area contributed by atoms with Gasteiger partial charge in [0.1, 0.15) is 5.82 Å². The van der Waals surface area contributed by atoms with Crippen LogP contribution in [-0.4, -0.2) is 28.1 Å². The van der Waals surface area contributed by atoms with Gasteiger partial charge >= 0.3 is 7.12 Å². The second kappa shape index (κ2) is 5.60. The molecule has 2 aromatic rings. The molecule has 0 spiro atoms. The van der Waals surface area contributed by atoms with Gasteiger partial charge < -0.3 is 15.4 Å². The number of carbonyl (C=O) groups excluding carboxylic acids is 1. The summed E-state index contributed by atoms with van der Waals surface area (Å²) in [5, 5.41) is 20.5. The van der Waals surface area contributed by atoms with E-state index in [2.05, 4.69) is 10.3 Å². The molecule has 1 aromatic carbocycles. The van der Waals surface area contributed by atoms with Crippen LogP contribution in [0.1, 0.15) is 10.4 Å². The molecule has 7 heteroatoms. The Labute approximate surface area is 108 Å². The Morgan fingerprint density at radius 3 is 2.74 bits per heavy atom. The summed E-state index contributed by atoms with van der Waals surface area (Å²) >= 11 is 0. The summed E-state index contributed by atoms with van der Waals surface area (Å²) in [6.07, 6.45) is 2.96. The number of anilines is 1. The van der Waals surface area contributed by atoms with E-state index in [0.29, 0.717) is 5.69 Å². The van der Waals surface area contributed by atoms with E-state index in [1.54, 1.807) is 18.3 Å². The fourth-order valence-electron chi connectivity index (χ4n) is 1.51. The van der Waals surface area contributed by atoms with Crippen LogP contribution >= 0.6 is 0 Å². The Bertz CT molecular complexity index is 593. The van der Waals surface area contributed by atoms with Crippen LogP contribution < -0.4 is 10.8 Å². The number of amides is 1. The van der Waals surface area contributed by atoms with Gasteiger partial charge in [0.15, 0.2) is 0 Å². The number of halogens is 1. The summed E-state index contributed by atoms with van der Waals surface area (Å²) in [6, 6.07) is 6.52. The highest BCUT2D eigenvalue weighted by Gasteiger charge is 2.17. The maximum absolute atomic E-state index is 13.5. The highest BCUT2D eigenvalue weighted by atomic mass is 19.1. The van der Waals surface area contributed by atoms with Crippen molar-refractivity contribution in [1.29, 1.82) is 0 Å². The molecule has 0 aliphatic rings. The second-order valence-corrected chi connectivity index (χ2v) is 3.81. The predicted octanol–water partition coefficient (Wildman–Crippen LogP) is 0.153. The van der Waals surface area contributed by atoms with Gasteiger partial charge in [-0.3, -0.25) is 9.78 Å². The van der Waals surface area contributed by atoms with E-state index in [0.717, 1.165) is 12.1 Å². The van der Waals surface area contributed by atoms with Gasteiger partial charge in [-0.2, -0.15) is 0 Å². The molecule has 0 radical (unpaired) electrons. The number of hydrogen-bond acceptors (Lipinski definition) is 4. The van der Waals surface area contributed by atoms with E-state index in [1.165, 1.54) is 12.3 Å². The van der Waals surface area contributed by atoms with Crippen LogP contribution in [0.3, 0.4) is 0 Å². The van der Waals surface area contributed by atoms with E-state index < -0.39 is 18.8 Å². The lowest BCUT2D eigenvalue weighted by atomic mass is 9.79. The third-order valence-electron chi connectivity index (χ3n) is 2.45. The first-order valence-electron chi connectivity index (χ1n) is 5.45. The summed E-state index contributed by atoms with van der Waals surface area (Å²) in [5.74, 6) is -1.43. The van der Waals surface area contributed by atoms with E-state index >= 15 is 0 Å². The number of nitrogens with one attached hydrogen (secondary N) is 1. The molecule has 0 saturated carbocycles. The van der Waals surface area contributed by atoms with Crippen molar-refractivity contribution in [2.45, 2.75) is 0 Å². The van der Waals surface area contributed by atoms with Gasteiger partial charge in [-0.1, -0.05) is 6.07 Å². The molecule has 1 aromatic heterocycles. The molecule has 0 fully saturated rings. The molecule has 0 unspecified atom stereocenters. The molecule has 5 nitrogen and oxygen atoms in total. The van der Waals surface area contributed by atoms with Crippen molar-refractivity contribution in [3.8, 4) is 0 Å². The number of aromatic nitrogens is 1. The highest BCUT2D eigenvalue weighted by molar-refractivity contribution is 6.58. The zero-order valence-corrected chi connectivity index (χ0v) is 9.75. The van der Waals surface area contributed by atoms with E-state index in [-0.39, 0.29) is 11.0 Å². The van der Waals surface area contributed by atoms with Gasteiger partial charge in [0.2, 0.25) is 0 Å². The Balaban J connectivity index is 2.26. The highest BCUT2D eigenvalue weighted by Crippen LogP contribution is 2.10. The number of nitrogens with zero attached hydrogens (tertiary/aromatic N) is 1. The van der Waals surface area contributed by atoms with Crippen LogP contribution in [-0.2, 0) is 0 Å².